The number of allylic oxidation sites excluding steroid dienone is 1. The normalized spacial score (nSPS) is 12.5. The zero-order valence-electron chi connectivity index (χ0n) is 16.8. The molecule has 0 nitrogen and oxygen atoms in total. The standard InChI is InChI=1S/C26H28/c1-25(2,3)17-15-23-19-11-7-9-13-21(19)24(16-18-26(4,5)6)22-14-10-8-12-20(22)23/h7-15,17H,1-6H3/b17-15+. The van der Waals surface area contributed by atoms with E-state index in [1.165, 1.54) is 27.1 Å². The van der Waals surface area contributed by atoms with Crippen molar-refractivity contribution in [3.05, 3.63) is 65.7 Å². The third kappa shape index (κ3) is 4.00. The molecular weight excluding hydrogens is 312 g/mol. The van der Waals surface area contributed by atoms with Gasteiger partial charge in [0.05, 0.1) is 0 Å². The van der Waals surface area contributed by atoms with Crippen LogP contribution in [0.5, 0.6) is 0 Å². The van der Waals surface area contributed by atoms with Crippen molar-refractivity contribution >= 4 is 27.6 Å². The quantitative estimate of drug-likeness (QED) is 0.319. The van der Waals surface area contributed by atoms with Crippen LogP contribution in [-0.2, 0) is 0 Å². The zero-order chi connectivity index (χ0) is 18.9. The molecule has 3 aromatic rings. The molecule has 0 aromatic heterocycles. The number of benzene rings is 3. The van der Waals surface area contributed by atoms with Gasteiger partial charge in [-0.1, -0.05) is 93.3 Å². The minimum Gasteiger partial charge on any atom is -0.0919 e. The molecule has 0 amide bonds. The van der Waals surface area contributed by atoms with Crippen LogP contribution in [0.4, 0.5) is 0 Å². The van der Waals surface area contributed by atoms with E-state index in [1.807, 2.05) is 0 Å². The van der Waals surface area contributed by atoms with E-state index in [2.05, 4.69) is 114 Å². The molecule has 132 valence electrons. The van der Waals surface area contributed by atoms with E-state index >= 15 is 0 Å². The summed E-state index contributed by atoms with van der Waals surface area (Å²) in [5, 5.41) is 5.00. The monoisotopic (exact) mass is 340 g/mol. The smallest absolute Gasteiger partial charge is 0.0402 e. The Kier molecular flexibility index (Phi) is 4.68. The Morgan fingerprint density at radius 3 is 1.58 bits per heavy atom. The average Bonchev–Trinajstić information content (AvgIpc) is 2.56. The Balaban J connectivity index is 2.43. The predicted molar refractivity (Wildman–Crippen MR) is 116 cm³/mol. The van der Waals surface area contributed by atoms with Crippen molar-refractivity contribution in [3.63, 3.8) is 0 Å². The van der Waals surface area contributed by atoms with E-state index in [9.17, 15) is 0 Å². The van der Waals surface area contributed by atoms with Gasteiger partial charge in [-0.05, 0) is 53.3 Å². The van der Waals surface area contributed by atoms with Crippen LogP contribution in [0, 0.1) is 22.7 Å². The third-order valence-electron chi connectivity index (χ3n) is 4.29. The molecule has 0 saturated heterocycles. The molecule has 0 aliphatic rings. The Morgan fingerprint density at radius 1 is 0.692 bits per heavy atom. The Labute approximate surface area is 157 Å². The van der Waals surface area contributed by atoms with Gasteiger partial charge in [-0.2, -0.15) is 0 Å². The van der Waals surface area contributed by atoms with Gasteiger partial charge in [0, 0.05) is 11.0 Å². The molecule has 0 aliphatic carbocycles. The lowest BCUT2D eigenvalue weighted by Gasteiger charge is -2.15. The molecule has 0 heteroatoms. The molecule has 0 fully saturated rings. The predicted octanol–water partition coefficient (Wildman–Crippen LogP) is 7.45. The number of fused-ring (bicyclic) bond motifs is 2. The molecule has 26 heavy (non-hydrogen) atoms. The van der Waals surface area contributed by atoms with Crippen molar-refractivity contribution in [2.24, 2.45) is 10.8 Å². The number of hydrogen-bond donors (Lipinski definition) is 0. The molecule has 0 radical (unpaired) electrons. The van der Waals surface area contributed by atoms with Crippen molar-refractivity contribution in [3.8, 4) is 11.8 Å². The van der Waals surface area contributed by atoms with E-state index in [1.54, 1.807) is 0 Å². The van der Waals surface area contributed by atoms with Gasteiger partial charge in [0.25, 0.3) is 0 Å². The summed E-state index contributed by atoms with van der Waals surface area (Å²) in [4.78, 5) is 0. The molecule has 0 atom stereocenters. The fourth-order valence-electron chi connectivity index (χ4n) is 3.06. The van der Waals surface area contributed by atoms with Crippen molar-refractivity contribution in [1.82, 2.24) is 0 Å². The maximum atomic E-state index is 3.50. The van der Waals surface area contributed by atoms with Crippen molar-refractivity contribution in [2.45, 2.75) is 41.5 Å². The maximum absolute atomic E-state index is 3.50. The molecule has 0 bridgehead atoms. The summed E-state index contributed by atoms with van der Waals surface area (Å²) in [6, 6.07) is 17.3. The fraction of sp³-hybridized carbons (Fsp3) is 0.308. The van der Waals surface area contributed by atoms with Crippen molar-refractivity contribution in [2.75, 3.05) is 0 Å². The second-order valence-electron chi connectivity index (χ2n) is 9.08. The van der Waals surface area contributed by atoms with E-state index < -0.39 is 0 Å². The van der Waals surface area contributed by atoms with E-state index in [0.29, 0.717) is 0 Å². The summed E-state index contributed by atoms with van der Waals surface area (Å²) in [6.45, 7) is 13.2. The SMILES string of the molecule is CC(C)(C)C#Cc1c2ccccc2c(/C=C/C(C)(C)C)c2ccccc12. The number of rotatable bonds is 1. The maximum Gasteiger partial charge on any atom is 0.0402 e. The van der Waals surface area contributed by atoms with Crippen LogP contribution in [0.3, 0.4) is 0 Å². The largest absolute Gasteiger partial charge is 0.0919 e. The van der Waals surface area contributed by atoms with Gasteiger partial charge in [-0.15, -0.1) is 0 Å². The van der Waals surface area contributed by atoms with Gasteiger partial charge >= 0.3 is 0 Å². The molecule has 0 unspecified atom stereocenters. The molecular formula is C26H28. The molecule has 0 heterocycles. The molecule has 3 rings (SSSR count). The van der Waals surface area contributed by atoms with E-state index in [0.717, 1.165) is 5.56 Å². The van der Waals surface area contributed by atoms with Crippen LogP contribution < -0.4 is 0 Å². The minimum absolute atomic E-state index is 0.0208. The highest BCUT2D eigenvalue weighted by molar-refractivity contribution is 6.11. The number of hydrogen-bond acceptors (Lipinski definition) is 0. The second-order valence-corrected chi connectivity index (χ2v) is 9.08. The van der Waals surface area contributed by atoms with Gasteiger partial charge in [0.2, 0.25) is 0 Å². The summed E-state index contributed by atoms with van der Waals surface area (Å²) in [5.74, 6) is 6.93. The minimum atomic E-state index is -0.0208. The zero-order valence-corrected chi connectivity index (χ0v) is 16.8. The van der Waals surface area contributed by atoms with Crippen LogP contribution >= 0.6 is 0 Å². The average molecular weight is 341 g/mol. The first-order valence-electron chi connectivity index (χ1n) is 9.32. The first-order chi connectivity index (χ1) is 12.2. The molecule has 0 N–H and O–H groups in total. The van der Waals surface area contributed by atoms with Crippen LogP contribution in [0.1, 0.15) is 52.7 Å². The summed E-state index contributed by atoms with van der Waals surface area (Å²) >= 11 is 0. The van der Waals surface area contributed by atoms with Crippen LogP contribution in [0.15, 0.2) is 54.6 Å². The first kappa shape index (κ1) is 18.3. The summed E-state index contributed by atoms with van der Waals surface area (Å²) in [6.07, 6.45) is 4.58. The van der Waals surface area contributed by atoms with E-state index in [-0.39, 0.29) is 10.8 Å². The third-order valence-corrected chi connectivity index (χ3v) is 4.29. The second kappa shape index (κ2) is 6.65. The summed E-state index contributed by atoms with van der Waals surface area (Å²) in [7, 11) is 0. The van der Waals surface area contributed by atoms with Crippen molar-refractivity contribution in [1.29, 1.82) is 0 Å². The molecule has 0 saturated carbocycles. The van der Waals surface area contributed by atoms with Crippen LogP contribution in [-0.4, -0.2) is 0 Å². The topological polar surface area (TPSA) is 0 Å². The molecule has 3 aromatic carbocycles. The van der Waals surface area contributed by atoms with Gasteiger partial charge < -0.3 is 0 Å². The van der Waals surface area contributed by atoms with Gasteiger partial charge in [0.1, 0.15) is 0 Å². The first-order valence-corrected chi connectivity index (χ1v) is 9.32. The fourth-order valence-corrected chi connectivity index (χ4v) is 3.06. The molecule has 0 aliphatic heterocycles. The summed E-state index contributed by atoms with van der Waals surface area (Å²) in [5.41, 5.74) is 2.55. The van der Waals surface area contributed by atoms with Gasteiger partial charge in [-0.25, -0.2) is 0 Å². The highest BCUT2D eigenvalue weighted by atomic mass is 14.2. The summed E-state index contributed by atoms with van der Waals surface area (Å²) < 4.78 is 0. The highest BCUT2D eigenvalue weighted by Crippen LogP contribution is 2.34. The van der Waals surface area contributed by atoms with Crippen LogP contribution in [0.25, 0.3) is 27.6 Å². The van der Waals surface area contributed by atoms with Gasteiger partial charge in [0.15, 0.2) is 0 Å². The lowest BCUT2D eigenvalue weighted by Crippen LogP contribution is -2.00. The van der Waals surface area contributed by atoms with Crippen molar-refractivity contribution < 1.29 is 0 Å². The highest BCUT2D eigenvalue weighted by Gasteiger charge is 2.13. The Bertz CT molecular complexity index is 982. The lowest BCUT2D eigenvalue weighted by atomic mass is 9.88. The van der Waals surface area contributed by atoms with E-state index in [4.69, 9.17) is 0 Å². The molecule has 0 spiro atoms. The van der Waals surface area contributed by atoms with Crippen LogP contribution in [0.2, 0.25) is 0 Å². The Morgan fingerprint density at radius 2 is 1.15 bits per heavy atom. The lowest BCUT2D eigenvalue weighted by molar-refractivity contribution is 0.547. The Hall–Kier alpha value is -2.52. The van der Waals surface area contributed by atoms with Gasteiger partial charge in [-0.3, -0.25) is 0 Å².